The van der Waals surface area contributed by atoms with Crippen molar-refractivity contribution in [2.24, 2.45) is 0 Å². The van der Waals surface area contributed by atoms with Crippen molar-refractivity contribution in [3.63, 3.8) is 0 Å². The lowest BCUT2D eigenvalue weighted by Crippen LogP contribution is -2.22. The standard InChI is InChI=1S/C16H22BrN3O/c1-4-20-8-7-18-16(20)11-21-14-5-6-15(17)13(9-14)10-19-12(2)3/h5-9,12,19H,4,10-11H2,1-3H3. The molecule has 0 unspecified atom stereocenters. The summed E-state index contributed by atoms with van der Waals surface area (Å²) in [5, 5.41) is 3.42. The van der Waals surface area contributed by atoms with Crippen LogP contribution in [-0.4, -0.2) is 15.6 Å². The largest absolute Gasteiger partial charge is 0.486 e. The molecule has 0 bridgehead atoms. The van der Waals surface area contributed by atoms with Gasteiger partial charge in [-0.15, -0.1) is 0 Å². The Kier molecular flexibility index (Phi) is 5.82. The second kappa shape index (κ2) is 7.61. The van der Waals surface area contributed by atoms with Gasteiger partial charge in [0, 0.05) is 36.0 Å². The Hall–Kier alpha value is -1.33. The summed E-state index contributed by atoms with van der Waals surface area (Å²) in [5.41, 5.74) is 1.19. The van der Waals surface area contributed by atoms with Gasteiger partial charge < -0.3 is 14.6 Å². The molecule has 0 aliphatic heterocycles. The summed E-state index contributed by atoms with van der Waals surface area (Å²) in [6, 6.07) is 6.53. The third-order valence-corrected chi connectivity index (χ3v) is 4.00. The van der Waals surface area contributed by atoms with Gasteiger partial charge in [0.15, 0.2) is 0 Å². The highest BCUT2D eigenvalue weighted by Gasteiger charge is 2.06. The fourth-order valence-corrected chi connectivity index (χ4v) is 2.39. The number of hydrogen-bond donors (Lipinski definition) is 1. The minimum Gasteiger partial charge on any atom is -0.486 e. The molecule has 1 aromatic heterocycles. The maximum Gasteiger partial charge on any atom is 0.146 e. The van der Waals surface area contributed by atoms with E-state index >= 15 is 0 Å². The van der Waals surface area contributed by atoms with Crippen LogP contribution in [0.15, 0.2) is 35.1 Å². The molecule has 0 aliphatic carbocycles. The monoisotopic (exact) mass is 351 g/mol. The summed E-state index contributed by atoms with van der Waals surface area (Å²) in [6.07, 6.45) is 3.78. The fraction of sp³-hybridized carbons (Fsp3) is 0.438. The summed E-state index contributed by atoms with van der Waals surface area (Å²) in [4.78, 5) is 4.32. The molecule has 4 nitrogen and oxygen atoms in total. The molecule has 5 heteroatoms. The van der Waals surface area contributed by atoms with Crippen LogP contribution in [0.4, 0.5) is 0 Å². The molecule has 0 amide bonds. The van der Waals surface area contributed by atoms with Crippen LogP contribution in [0.5, 0.6) is 5.75 Å². The van der Waals surface area contributed by atoms with E-state index in [2.05, 4.69) is 57.6 Å². The summed E-state index contributed by atoms with van der Waals surface area (Å²) in [5.74, 6) is 1.81. The van der Waals surface area contributed by atoms with E-state index in [-0.39, 0.29) is 0 Å². The molecule has 1 aromatic carbocycles. The van der Waals surface area contributed by atoms with Gasteiger partial charge in [-0.05, 0) is 30.7 Å². The predicted molar refractivity (Wildman–Crippen MR) is 88.4 cm³/mol. The molecule has 0 saturated heterocycles. The number of benzene rings is 1. The summed E-state index contributed by atoms with van der Waals surface area (Å²) < 4.78 is 9.04. The minimum atomic E-state index is 0.457. The van der Waals surface area contributed by atoms with Crippen molar-refractivity contribution < 1.29 is 4.74 Å². The molecule has 0 aliphatic rings. The predicted octanol–water partition coefficient (Wildman–Crippen LogP) is 3.74. The van der Waals surface area contributed by atoms with Crippen LogP contribution in [0.3, 0.4) is 0 Å². The van der Waals surface area contributed by atoms with Crippen LogP contribution in [0.2, 0.25) is 0 Å². The van der Waals surface area contributed by atoms with Crippen molar-refractivity contribution in [3.05, 3.63) is 46.5 Å². The van der Waals surface area contributed by atoms with E-state index in [1.165, 1.54) is 5.56 Å². The lowest BCUT2D eigenvalue weighted by Gasteiger charge is -2.12. The molecule has 114 valence electrons. The highest BCUT2D eigenvalue weighted by Crippen LogP contribution is 2.23. The van der Waals surface area contributed by atoms with Gasteiger partial charge in [-0.2, -0.15) is 0 Å². The summed E-state index contributed by atoms with van der Waals surface area (Å²) in [7, 11) is 0. The molecule has 21 heavy (non-hydrogen) atoms. The van der Waals surface area contributed by atoms with Gasteiger partial charge in [-0.3, -0.25) is 0 Å². The van der Waals surface area contributed by atoms with Gasteiger partial charge >= 0.3 is 0 Å². The number of aromatic nitrogens is 2. The Balaban J connectivity index is 2.01. The molecule has 0 spiro atoms. The van der Waals surface area contributed by atoms with Gasteiger partial charge in [-0.1, -0.05) is 29.8 Å². The number of nitrogens with zero attached hydrogens (tertiary/aromatic N) is 2. The zero-order valence-electron chi connectivity index (χ0n) is 12.8. The van der Waals surface area contributed by atoms with Gasteiger partial charge in [0.1, 0.15) is 18.2 Å². The quantitative estimate of drug-likeness (QED) is 0.825. The third kappa shape index (κ3) is 4.58. The molecule has 0 saturated carbocycles. The number of rotatable bonds is 7. The third-order valence-electron chi connectivity index (χ3n) is 3.23. The van der Waals surface area contributed by atoms with Gasteiger partial charge in [-0.25, -0.2) is 4.98 Å². The van der Waals surface area contributed by atoms with E-state index < -0.39 is 0 Å². The lowest BCUT2D eigenvalue weighted by molar-refractivity contribution is 0.289. The molecule has 2 rings (SSSR count). The molecular formula is C16H22BrN3O. The van der Waals surface area contributed by atoms with Crippen LogP contribution < -0.4 is 10.1 Å². The van der Waals surface area contributed by atoms with Crippen molar-refractivity contribution in [2.45, 2.75) is 46.5 Å². The smallest absolute Gasteiger partial charge is 0.146 e. The van der Waals surface area contributed by atoms with E-state index in [4.69, 9.17) is 4.74 Å². The first-order valence-electron chi connectivity index (χ1n) is 7.24. The zero-order valence-corrected chi connectivity index (χ0v) is 14.4. The Bertz CT molecular complexity index is 581. The topological polar surface area (TPSA) is 39.1 Å². The molecule has 0 radical (unpaired) electrons. The van der Waals surface area contributed by atoms with E-state index in [1.807, 2.05) is 24.5 Å². The molecule has 0 atom stereocenters. The van der Waals surface area contributed by atoms with E-state index in [1.54, 1.807) is 0 Å². The second-order valence-corrected chi connectivity index (χ2v) is 6.06. The van der Waals surface area contributed by atoms with Crippen molar-refractivity contribution in [3.8, 4) is 5.75 Å². The van der Waals surface area contributed by atoms with E-state index in [9.17, 15) is 0 Å². The first-order chi connectivity index (χ1) is 10.1. The second-order valence-electron chi connectivity index (χ2n) is 5.21. The van der Waals surface area contributed by atoms with Crippen molar-refractivity contribution in [2.75, 3.05) is 0 Å². The Morgan fingerprint density at radius 2 is 2.19 bits per heavy atom. The Labute approximate surface area is 134 Å². The van der Waals surface area contributed by atoms with Crippen LogP contribution in [0.25, 0.3) is 0 Å². The molecular weight excluding hydrogens is 330 g/mol. The molecule has 0 fully saturated rings. The van der Waals surface area contributed by atoms with Gasteiger partial charge in [0.2, 0.25) is 0 Å². The SMILES string of the molecule is CCn1ccnc1COc1ccc(Br)c(CNC(C)C)c1. The number of imidazole rings is 1. The average Bonchev–Trinajstić information content (AvgIpc) is 2.92. The molecule has 1 N–H and O–H groups in total. The fourth-order valence-electron chi connectivity index (χ4n) is 2.01. The lowest BCUT2D eigenvalue weighted by atomic mass is 10.2. The van der Waals surface area contributed by atoms with E-state index in [0.29, 0.717) is 12.6 Å². The number of nitrogens with one attached hydrogen (secondary N) is 1. The average molecular weight is 352 g/mol. The van der Waals surface area contributed by atoms with Gasteiger partial charge in [0.05, 0.1) is 0 Å². The first-order valence-corrected chi connectivity index (χ1v) is 8.04. The van der Waals surface area contributed by atoms with Crippen LogP contribution in [0, 0.1) is 0 Å². The first kappa shape index (κ1) is 16.0. The van der Waals surface area contributed by atoms with E-state index in [0.717, 1.165) is 29.1 Å². The normalized spacial score (nSPS) is 11.1. The Morgan fingerprint density at radius 1 is 1.38 bits per heavy atom. The Morgan fingerprint density at radius 3 is 2.90 bits per heavy atom. The highest BCUT2D eigenvalue weighted by molar-refractivity contribution is 9.10. The number of hydrogen-bond acceptors (Lipinski definition) is 3. The molecule has 2 aromatic rings. The minimum absolute atomic E-state index is 0.457. The van der Waals surface area contributed by atoms with Crippen molar-refractivity contribution in [1.82, 2.24) is 14.9 Å². The summed E-state index contributed by atoms with van der Waals surface area (Å²) >= 11 is 3.58. The van der Waals surface area contributed by atoms with Crippen LogP contribution >= 0.6 is 15.9 Å². The zero-order chi connectivity index (χ0) is 15.2. The highest BCUT2D eigenvalue weighted by atomic mass is 79.9. The maximum atomic E-state index is 5.86. The van der Waals surface area contributed by atoms with Gasteiger partial charge in [0.25, 0.3) is 0 Å². The van der Waals surface area contributed by atoms with Crippen molar-refractivity contribution >= 4 is 15.9 Å². The summed E-state index contributed by atoms with van der Waals surface area (Å²) in [6.45, 7) is 8.58. The van der Waals surface area contributed by atoms with Crippen molar-refractivity contribution in [1.29, 1.82) is 0 Å². The molecule has 1 heterocycles. The maximum absolute atomic E-state index is 5.86. The number of ether oxygens (including phenoxy) is 1. The number of aryl methyl sites for hydroxylation is 1. The van der Waals surface area contributed by atoms with Crippen LogP contribution in [-0.2, 0) is 19.7 Å². The number of halogens is 1. The van der Waals surface area contributed by atoms with Crippen LogP contribution in [0.1, 0.15) is 32.2 Å².